The third kappa shape index (κ3) is 4.57. The molecule has 1 unspecified atom stereocenters. The number of allylic oxidation sites excluding steroid dienone is 2. The summed E-state index contributed by atoms with van der Waals surface area (Å²) in [6.07, 6.45) is 3.97. The van der Waals surface area contributed by atoms with E-state index in [1.807, 2.05) is 77.5 Å². The van der Waals surface area contributed by atoms with Crippen molar-refractivity contribution in [3.8, 4) is 22.8 Å². The number of Topliss-reactive ketones (excluding diaryl/α,β-unsaturated/α-hetero) is 1. The predicted octanol–water partition coefficient (Wildman–Crippen LogP) is 6.91. The van der Waals surface area contributed by atoms with Crippen molar-refractivity contribution < 1.29 is 9.21 Å². The van der Waals surface area contributed by atoms with Gasteiger partial charge in [0.1, 0.15) is 6.04 Å². The van der Waals surface area contributed by atoms with Gasteiger partial charge in [-0.15, -0.1) is 5.10 Å². The van der Waals surface area contributed by atoms with Crippen molar-refractivity contribution >= 4 is 23.5 Å². The van der Waals surface area contributed by atoms with Crippen molar-refractivity contribution in [1.29, 1.82) is 0 Å². The minimum atomic E-state index is -0.332. The Balaban J connectivity index is 1.20. The summed E-state index contributed by atoms with van der Waals surface area (Å²) in [4.78, 5) is 22.5. The fraction of sp³-hybridized carbons (Fsp3) is 0.161. The number of hydrogen-bond donors (Lipinski definition) is 1. The highest BCUT2D eigenvalue weighted by atomic mass is 32.2. The van der Waals surface area contributed by atoms with E-state index in [-0.39, 0.29) is 11.8 Å². The number of rotatable bonds is 6. The number of nitrogens with one attached hydrogen (secondary N) is 1. The first-order valence-electron chi connectivity index (χ1n) is 13.0. The molecule has 7 rings (SSSR count). The number of ketones is 1. The molecule has 0 radical (unpaired) electrons. The lowest BCUT2D eigenvalue weighted by Gasteiger charge is -2.32. The first kappa shape index (κ1) is 23.7. The van der Waals surface area contributed by atoms with Gasteiger partial charge in [0.15, 0.2) is 11.5 Å². The zero-order valence-electron chi connectivity index (χ0n) is 21.1. The predicted molar refractivity (Wildman–Crippen MR) is 151 cm³/mol. The summed E-state index contributed by atoms with van der Waals surface area (Å²) in [6.45, 7) is 0. The number of benzene rings is 3. The van der Waals surface area contributed by atoms with E-state index in [1.54, 1.807) is 18.0 Å². The molecule has 8 heteroatoms. The number of aromatic nitrogens is 4. The van der Waals surface area contributed by atoms with Crippen LogP contribution in [0.25, 0.3) is 22.8 Å². The summed E-state index contributed by atoms with van der Waals surface area (Å²) in [6, 6.07) is 27.9. The van der Waals surface area contributed by atoms with E-state index in [0.29, 0.717) is 23.4 Å². The Morgan fingerprint density at radius 3 is 2.49 bits per heavy atom. The molecule has 7 nitrogen and oxygen atoms in total. The van der Waals surface area contributed by atoms with E-state index >= 15 is 0 Å². The van der Waals surface area contributed by atoms with Crippen LogP contribution in [0.4, 0.5) is 5.95 Å². The highest BCUT2D eigenvalue weighted by molar-refractivity contribution is 7.98. The van der Waals surface area contributed by atoms with Gasteiger partial charge in [0.2, 0.25) is 17.0 Å². The van der Waals surface area contributed by atoms with Crippen LogP contribution in [0.5, 0.6) is 0 Å². The van der Waals surface area contributed by atoms with E-state index in [2.05, 4.69) is 22.4 Å². The van der Waals surface area contributed by atoms with Gasteiger partial charge in [-0.2, -0.15) is 4.98 Å². The second-order valence-electron chi connectivity index (χ2n) is 9.65. The maximum Gasteiger partial charge on any atom is 0.227 e. The van der Waals surface area contributed by atoms with E-state index in [9.17, 15) is 4.79 Å². The average Bonchev–Trinajstić information content (AvgIpc) is 3.64. The van der Waals surface area contributed by atoms with Gasteiger partial charge >= 0.3 is 0 Å². The minimum absolute atomic E-state index is 0.165. The van der Waals surface area contributed by atoms with Crippen LogP contribution < -0.4 is 5.32 Å². The van der Waals surface area contributed by atoms with Crippen LogP contribution in [0.1, 0.15) is 36.4 Å². The average molecular weight is 532 g/mol. The van der Waals surface area contributed by atoms with Crippen LogP contribution in [0, 0.1) is 0 Å². The lowest BCUT2D eigenvalue weighted by atomic mass is 9.85. The first-order valence-corrected chi connectivity index (χ1v) is 14.0. The van der Waals surface area contributed by atoms with Crippen LogP contribution in [-0.2, 0) is 10.5 Å². The molecule has 1 aliphatic carbocycles. The maximum atomic E-state index is 13.2. The van der Waals surface area contributed by atoms with E-state index in [4.69, 9.17) is 14.5 Å². The molecule has 39 heavy (non-hydrogen) atoms. The number of nitrogens with zero attached hydrogens (tertiary/aromatic N) is 4. The fourth-order valence-electron chi connectivity index (χ4n) is 5.18. The summed E-state index contributed by atoms with van der Waals surface area (Å²) in [5, 5.41) is 8.95. The van der Waals surface area contributed by atoms with Crippen LogP contribution in [0.2, 0.25) is 0 Å². The third-order valence-corrected chi connectivity index (χ3v) is 8.01. The standard InChI is InChI=1S/C31H25N5O2S/c37-25-13-7-12-24-27(25)28(36-30(33-24)34-31(35-36)39-19-20-8-3-1-4-9-20)22-14-16-23(17-15-22)29-32-18-26(38-29)21-10-5-2-6-11-21/h1-6,8-11,14-18,28H,7,12-13,19H2,(H,33,34,35). The van der Waals surface area contributed by atoms with Crippen molar-refractivity contribution in [2.75, 3.05) is 5.32 Å². The number of fused-ring (bicyclic) bond motifs is 1. The van der Waals surface area contributed by atoms with Crippen LogP contribution in [0.15, 0.2) is 112 Å². The largest absolute Gasteiger partial charge is 0.436 e. The topological polar surface area (TPSA) is 85.8 Å². The van der Waals surface area contributed by atoms with Crippen molar-refractivity contribution in [3.05, 3.63) is 114 Å². The Kier molecular flexibility index (Phi) is 6.09. The number of anilines is 1. The van der Waals surface area contributed by atoms with Gasteiger partial charge in [0, 0.05) is 34.6 Å². The normalized spacial score (nSPS) is 16.5. The van der Waals surface area contributed by atoms with Gasteiger partial charge < -0.3 is 9.73 Å². The number of hydrogen-bond acceptors (Lipinski definition) is 7. The number of thioether (sulfide) groups is 1. The highest BCUT2D eigenvalue weighted by Gasteiger charge is 2.36. The van der Waals surface area contributed by atoms with Gasteiger partial charge in [0.05, 0.1) is 6.20 Å². The number of oxazole rings is 1. The Labute approximate surface area is 230 Å². The molecule has 5 aromatic rings. The summed E-state index contributed by atoms with van der Waals surface area (Å²) >= 11 is 1.59. The molecule has 0 fully saturated rings. The van der Waals surface area contributed by atoms with Gasteiger partial charge in [-0.3, -0.25) is 4.79 Å². The molecule has 2 aliphatic rings. The molecule has 2 aromatic heterocycles. The van der Waals surface area contributed by atoms with Crippen molar-refractivity contribution in [3.63, 3.8) is 0 Å². The second kappa shape index (κ2) is 10.0. The smallest absolute Gasteiger partial charge is 0.227 e. The van der Waals surface area contributed by atoms with Gasteiger partial charge in [-0.05, 0) is 36.1 Å². The quantitative estimate of drug-likeness (QED) is 0.238. The zero-order chi connectivity index (χ0) is 26.2. The molecular formula is C31H25N5O2S. The van der Waals surface area contributed by atoms with Crippen molar-refractivity contribution in [1.82, 2.24) is 19.7 Å². The van der Waals surface area contributed by atoms with E-state index in [1.165, 1.54) is 5.56 Å². The zero-order valence-corrected chi connectivity index (χ0v) is 21.9. The Bertz CT molecular complexity index is 1670. The van der Waals surface area contributed by atoms with E-state index in [0.717, 1.165) is 52.3 Å². The second-order valence-corrected chi connectivity index (χ2v) is 10.6. The highest BCUT2D eigenvalue weighted by Crippen LogP contribution is 2.41. The molecule has 3 aromatic carbocycles. The molecule has 0 saturated carbocycles. The molecule has 1 atom stereocenters. The SMILES string of the molecule is O=C1CCCC2=C1C(c1ccc(-c3ncc(-c4ccccc4)o3)cc1)n1nc(SCc3ccccc3)nc1N2. The van der Waals surface area contributed by atoms with Crippen LogP contribution in [0.3, 0.4) is 0 Å². The van der Waals surface area contributed by atoms with Gasteiger partial charge in [0.25, 0.3) is 0 Å². The van der Waals surface area contributed by atoms with Gasteiger partial charge in [-0.25, -0.2) is 9.67 Å². The molecule has 1 N–H and O–H groups in total. The summed E-state index contributed by atoms with van der Waals surface area (Å²) in [7, 11) is 0. The molecule has 192 valence electrons. The Hall–Kier alpha value is -4.43. The molecule has 0 amide bonds. The maximum absolute atomic E-state index is 13.2. The van der Waals surface area contributed by atoms with Gasteiger partial charge in [-0.1, -0.05) is 84.6 Å². The summed E-state index contributed by atoms with van der Waals surface area (Å²) < 4.78 is 7.92. The minimum Gasteiger partial charge on any atom is -0.436 e. The van der Waals surface area contributed by atoms with E-state index < -0.39 is 0 Å². The lowest BCUT2D eigenvalue weighted by Crippen LogP contribution is -2.31. The Morgan fingerprint density at radius 2 is 1.69 bits per heavy atom. The number of carbonyl (C=O) groups excluding carboxylic acids is 1. The molecular weight excluding hydrogens is 506 g/mol. The molecule has 0 saturated heterocycles. The Morgan fingerprint density at radius 1 is 0.923 bits per heavy atom. The molecule has 0 bridgehead atoms. The summed E-state index contributed by atoms with van der Waals surface area (Å²) in [5.74, 6) is 2.89. The number of carbonyl (C=O) groups is 1. The molecule has 1 aliphatic heterocycles. The first-order chi connectivity index (χ1) is 19.2. The van der Waals surface area contributed by atoms with Crippen LogP contribution >= 0.6 is 11.8 Å². The van der Waals surface area contributed by atoms with Crippen LogP contribution in [-0.4, -0.2) is 25.5 Å². The monoisotopic (exact) mass is 531 g/mol. The molecule has 0 spiro atoms. The summed E-state index contributed by atoms with van der Waals surface area (Å²) in [5.41, 5.74) is 5.79. The lowest BCUT2D eigenvalue weighted by molar-refractivity contribution is -0.116. The van der Waals surface area contributed by atoms with Crippen molar-refractivity contribution in [2.24, 2.45) is 0 Å². The fourth-order valence-corrected chi connectivity index (χ4v) is 5.96. The third-order valence-electron chi connectivity index (χ3n) is 7.10. The molecule has 3 heterocycles. The van der Waals surface area contributed by atoms with Crippen molar-refractivity contribution in [2.45, 2.75) is 36.2 Å².